The monoisotopic (exact) mass is 360 g/mol. The Morgan fingerprint density at radius 3 is 2.59 bits per heavy atom. The van der Waals surface area contributed by atoms with E-state index >= 15 is 0 Å². The van der Waals surface area contributed by atoms with Crippen molar-refractivity contribution in [2.24, 2.45) is 0 Å². The number of nitro benzene ring substituents is 1. The number of nitrogens with one attached hydrogen (secondary N) is 1. The molecule has 1 N–H and O–H groups in total. The molecule has 1 aromatic heterocycles. The lowest BCUT2D eigenvalue weighted by Crippen LogP contribution is -2.11. The second-order valence-corrected chi connectivity index (χ2v) is 8.70. The summed E-state index contributed by atoms with van der Waals surface area (Å²) in [4.78, 5) is 18.0. The van der Waals surface area contributed by atoms with E-state index in [0.717, 1.165) is 0 Å². The standard InChI is InChI=1S/C12H11Cl2N4O3P/c1-22(2,21)10-5-7(18(19)20)3-4-9(10)16-11-8(13)6-15-12(14)17-11/h3-6H,1-2H3,(H,15,16,17). The molecule has 0 saturated carbocycles. The Bertz CT molecular complexity index is 794. The minimum Gasteiger partial charge on any atom is -0.338 e. The minimum absolute atomic E-state index is 0.00783. The molecule has 0 amide bonds. The van der Waals surface area contributed by atoms with Gasteiger partial charge in [-0.2, -0.15) is 4.98 Å². The van der Waals surface area contributed by atoms with E-state index in [1.807, 2.05) is 0 Å². The molecular formula is C12H11Cl2N4O3P. The smallest absolute Gasteiger partial charge is 0.270 e. The maximum absolute atomic E-state index is 12.4. The number of rotatable bonds is 4. The van der Waals surface area contributed by atoms with E-state index in [2.05, 4.69) is 15.3 Å². The minimum atomic E-state index is -2.77. The highest BCUT2D eigenvalue weighted by Gasteiger charge is 2.21. The fourth-order valence-corrected chi connectivity index (χ4v) is 3.17. The van der Waals surface area contributed by atoms with Gasteiger partial charge in [0.15, 0.2) is 5.82 Å². The number of hydrogen-bond acceptors (Lipinski definition) is 6. The van der Waals surface area contributed by atoms with E-state index < -0.39 is 12.1 Å². The lowest BCUT2D eigenvalue weighted by atomic mass is 10.3. The van der Waals surface area contributed by atoms with Gasteiger partial charge >= 0.3 is 0 Å². The molecule has 7 nitrogen and oxygen atoms in total. The summed E-state index contributed by atoms with van der Waals surface area (Å²) < 4.78 is 12.4. The number of nitrogens with zero attached hydrogens (tertiary/aromatic N) is 3. The summed E-state index contributed by atoms with van der Waals surface area (Å²) in [6, 6.07) is 4.04. The van der Waals surface area contributed by atoms with Crippen molar-refractivity contribution in [1.82, 2.24) is 9.97 Å². The van der Waals surface area contributed by atoms with Gasteiger partial charge in [-0.3, -0.25) is 10.1 Å². The Morgan fingerprint density at radius 2 is 2.00 bits per heavy atom. The molecule has 1 aromatic carbocycles. The van der Waals surface area contributed by atoms with Crippen LogP contribution in [0.25, 0.3) is 0 Å². The van der Waals surface area contributed by atoms with Crippen LogP contribution < -0.4 is 10.6 Å². The average molecular weight is 361 g/mol. The fourth-order valence-electron chi connectivity index (χ4n) is 1.75. The Kier molecular flexibility index (Phi) is 4.70. The molecule has 0 aliphatic carbocycles. The number of anilines is 2. The van der Waals surface area contributed by atoms with Gasteiger partial charge in [0, 0.05) is 17.4 Å². The number of halogens is 2. The summed E-state index contributed by atoms with van der Waals surface area (Å²) in [5.74, 6) is 0.227. The Balaban J connectivity index is 2.53. The second kappa shape index (κ2) is 6.20. The van der Waals surface area contributed by atoms with Crippen molar-refractivity contribution in [3.05, 3.63) is 44.8 Å². The van der Waals surface area contributed by atoms with Crippen LogP contribution in [0.1, 0.15) is 0 Å². The molecule has 0 spiro atoms. The van der Waals surface area contributed by atoms with Gasteiger partial charge in [0.1, 0.15) is 12.2 Å². The third-order valence-corrected chi connectivity index (χ3v) is 4.73. The first kappa shape index (κ1) is 16.7. The summed E-state index contributed by atoms with van der Waals surface area (Å²) in [5.41, 5.74) is 0.270. The molecular weight excluding hydrogens is 350 g/mol. The first-order chi connectivity index (χ1) is 10.2. The Morgan fingerprint density at radius 1 is 1.32 bits per heavy atom. The van der Waals surface area contributed by atoms with Gasteiger partial charge in [-0.1, -0.05) is 11.6 Å². The average Bonchev–Trinajstić information content (AvgIpc) is 2.42. The molecule has 0 aliphatic heterocycles. The predicted molar refractivity (Wildman–Crippen MR) is 87.5 cm³/mol. The normalized spacial score (nSPS) is 11.3. The Hall–Kier alpha value is -1.69. The highest BCUT2D eigenvalue weighted by atomic mass is 35.5. The molecule has 10 heteroatoms. The molecule has 2 aromatic rings. The van der Waals surface area contributed by atoms with E-state index in [0.29, 0.717) is 11.0 Å². The number of hydrogen-bond donors (Lipinski definition) is 1. The summed E-state index contributed by atoms with van der Waals surface area (Å²) in [6.45, 7) is 3.04. The van der Waals surface area contributed by atoms with Crippen LogP contribution in [0.4, 0.5) is 17.2 Å². The zero-order chi connectivity index (χ0) is 16.5. The number of non-ortho nitro benzene ring substituents is 1. The van der Waals surface area contributed by atoms with E-state index in [-0.39, 0.29) is 21.8 Å². The Labute approximate surface area is 136 Å². The maximum Gasteiger partial charge on any atom is 0.270 e. The summed E-state index contributed by atoms with van der Waals surface area (Å²) in [6.07, 6.45) is 1.32. The number of nitro groups is 1. The van der Waals surface area contributed by atoms with Crippen molar-refractivity contribution in [2.75, 3.05) is 18.6 Å². The van der Waals surface area contributed by atoms with Gasteiger partial charge in [0.05, 0.1) is 16.8 Å². The first-order valence-corrected chi connectivity index (χ1v) is 9.33. The summed E-state index contributed by atoms with van der Waals surface area (Å²) in [5, 5.41) is 14.3. The molecule has 2 rings (SSSR count). The van der Waals surface area contributed by atoms with Gasteiger partial charge in [-0.25, -0.2) is 4.98 Å². The molecule has 0 aliphatic rings. The zero-order valence-electron chi connectivity index (χ0n) is 11.6. The zero-order valence-corrected chi connectivity index (χ0v) is 14.0. The second-order valence-electron chi connectivity index (χ2n) is 4.77. The first-order valence-electron chi connectivity index (χ1n) is 5.97. The lowest BCUT2D eigenvalue weighted by molar-refractivity contribution is -0.384. The van der Waals surface area contributed by atoms with Crippen molar-refractivity contribution in [3.63, 3.8) is 0 Å². The molecule has 116 valence electrons. The molecule has 0 unspecified atom stereocenters. The molecule has 1 heterocycles. The predicted octanol–water partition coefficient (Wildman–Crippen LogP) is 3.68. The quantitative estimate of drug-likeness (QED) is 0.386. The fraction of sp³-hybridized carbons (Fsp3) is 0.167. The number of aromatic nitrogens is 2. The van der Waals surface area contributed by atoms with E-state index in [9.17, 15) is 14.7 Å². The van der Waals surface area contributed by atoms with Gasteiger partial charge in [-0.15, -0.1) is 0 Å². The number of benzene rings is 1. The molecule has 0 fully saturated rings. The highest BCUT2D eigenvalue weighted by molar-refractivity contribution is 7.70. The molecule has 0 radical (unpaired) electrons. The SMILES string of the molecule is CP(C)(=O)c1cc([N+](=O)[O-])ccc1Nc1nc(Cl)ncc1Cl. The van der Waals surface area contributed by atoms with Crippen LogP contribution in [-0.2, 0) is 4.57 Å². The van der Waals surface area contributed by atoms with Crippen molar-refractivity contribution in [1.29, 1.82) is 0 Å². The van der Waals surface area contributed by atoms with Crippen LogP contribution >= 0.6 is 30.3 Å². The third-order valence-electron chi connectivity index (χ3n) is 2.74. The van der Waals surface area contributed by atoms with Crippen LogP contribution in [0.3, 0.4) is 0 Å². The largest absolute Gasteiger partial charge is 0.338 e. The highest BCUT2D eigenvalue weighted by Crippen LogP contribution is 2.40. The van der Waals surface area contributed by atoms with Crippen LogP contribution in [0.15, 0.2) is 24.4 Å². The summed E-state index contributed by atoms with van der Waals surface area (Å²) in [7, 11) is -2.77. The molecule has 0 atom stereocenters. The van der Waals surface area contributed by atoms with Crippen molar-refractivity contribution < 1.29 is 9.49 Å². The molecule has 0 saturated heterocycles. The van der Waals surface area contributed by atoms with E-state index in [4.69, 9.17) is 23.2 Å². The van der Waals surface area contributed by atoms with Crippen molar-refractivity contribution >= 4 is 52.8 Å². The topological polar surface area (TPSA) is 98.0 Å². The lowest BCUT2D eigenvalue weighted by Gasteiger charge is -2.15. The third kappa shape index (κ3) is 3.74. The van der Waals surface area contributed by atoms with Gasteiger partial charge in [-0.05, 0) is 31.0 Å². The van der Waals surface area contributed by atoms with Gasteiger partial charge in [0.25, 0.3) is 5.69 Å². The molecule has 0 bridgehead atoms. The van der Waals surface area contributed by atoms with Crippen LogP contribution in [0.2, 0.25) is 10.3 Å². The maximum atomic E-state index is 12.4. The van der Waals surface area contributed by atoms with Crippen molar-refractivity contribution in [2.45, 2.75) is 0 Å². The van der Waals surface area contributed by atoms with E-state index in [1.54, 1.807) is 0 Å². The molecule has 22 heavy (non-hydrogen) atoms. The van der Waals surface area contributed by atoms with Gasteiger partial charge in [0.2, 0.25) is 5.28 Å². The van der Waals surface area contributed by atoms with Crippen LogP contribution in [0.5, 0.6) is 0 Å². The van der Waals surface area contributed by atoms with Crippen LogP contribution in [-0.4, -0.2) is 28.2 Å². The van der Waals surface area contributed by atoms with E-state index in [1.165, 1.54) is 37.7 Å². The van der Waals surface area contributed by atoms with Crippen LogP contribution in [0, 0.1) is 10.1 Å². The van der Waals surface area contributed by atoms with Gasteiger partial charge < -0.3 is 9.88 Å². The van der Waals surface area contributed by atoms with Crippen molar-refractivity contribution in [3.8, 4) is 0 Å². The summed E-state index contributed by atoms with van der Waals surface area (Å²) >= 11 is 11.7.